The molecule has 0 saturated carbocycles. The van der Waals surface area contributed by atoms with Gasteiger partial charge in [0.1, 0.15) is 9.57 Å². The van der Waals surface area contributed by atoms with Crippen LogP contribution in [0.5, 0.6) is 5.75 Å². The van der Waals surface area contributed by atoms with Crippen molar-refractivity contribution >= 4 is 32.9 Å². The molecule has 2 aliphatic rings. The van der Waals surface area contributed by atoms with Crippen LogP contribution >= 0.6 is 32.9 Å². The van der Waals surface area contributed by atoms with Crippen LogP contribution in [0.25, 0.3) is 10.4 Å². The lowest BCUT2D eigenvalue weighted by molar-refractivity contribution is 0.312. The molecular formula is C20H26N2OS3. The SMILES string of the molecule is Cc1c(-c2cc(CN3CCCC3)c(O)c(CN3CCCC3)c2)ssc1=S. The average molecular weight is 407 g/mol. The molecule has 1 aromatic heterocycles. The van der Waals surface area contributed by atoms with Crippen LogP contribution in [0.3, 0.4) is 0 Å². The van der Waals surface area contributed by atoms with Gasteiger partial charge in [0.15, 0.2) is 0 Å². The molecule has 140 valence electrons. The van der Waals surface area contributed by atoms with E-state index in [0.29, 0.717) is 5.75 Å². The van der Waals surface area contributed by atoms with Crippen molar-refractivity contribution in [2.24, 2.45) is 0 Å². The Balaban J connectivity index is 1.72. The normalized spacial score (nSPS) is 18.8. The standard InChI is InChI=1S/C20H26N2OS3/c1-14-19(25-26-20(14)24)15-10-16(12-21-6-2-3-7-21)18(23)17(11-15)13-22-8-4-5-9-22/h10-11,23H,2-9,12-13H2,1H3. The summed E-state index contributed by atoms with van der Waals surface area (Å²) in [6, 6.07) is 4.39. The fourth-order valence-corrected chi connectivity index (χ4v) is 6.94. The van der Waals surface area contributed by atoms with Crippen molar-refractivity contribution in [2.75, 3.05) is 26.2 Å². The summed E-state index contributed by atoms with van der Waals surface area (Å²) in [5.41, 5.74) is 4.57. The highest BCUT2D eigenvalue weighted by Gasteiger charge is 2.20. The topological polar surface area (TPSA) is 26.7 Å². The smallest absolute Gasteiger partial charge is 0.124 e. The first-order chi connectivity index (χ1) is 12.6. The summed E-state index contributed by atoms with van der Waals surface area (Å²) in [6.07, 6.45) is 5.08. The van der Waals surface area contributed by atoms with E-state index in [1.54, 1.807) is 20.7 Å². The van der Waals surface area contributed by atoms with E-state index in [1.807, 2.05) is 0 Å². The Morgan fingerprint density at radius 2 is 1.42 bits per heavy atom. The maximum Gasteiger partial charge on any atom is 0.124 e. The van der Waals surface area contributed by atoms with Gasteiger partial charge >= 0.3 is 0 Å². The minimum atomic E-state index is 0.504. The third-order valence-corrected chi connectivity index (χ3v) is 8.93. The van der Waals surface area contributed by atoms with E-state index in [9.17, 15) is 5.11 Å². The van der Waals surface area contributed by atoms with Crippen LogP contribution in [0.1, 0.15) is 42.4 Å². The number of rotatable bonds is 5. The van der Waals surface area contributed by atoms with Gasteiger partial charge in [0, 0.05) is 24.2 Å². The van der Waals surface area contributed by atoms with E-state index in [-0.39, 0.29) is 0 Å². The largest absolute Gasteiger partial charge is 0.507 e. The summed E-state index contributed by atoms with van der Waals surface area (Å²) >= 11 is 5.46. The van der Waals surface area contributed by atoms with E-state index in [1.165, 1.54) is 41.7 Å². The molecule has 0 spiro atoms. The Morgan fingerprint density at radius 1 is 0.923 bits per heavy atom. The van der Waals surface area contributed by atoms with E-state index in [2.05, 4.69) is 28.9 Å². The molecule has 26 heavy (non-hydrogen) atoms. The van der Waals surface area contributed by atoms with Crippen molar-refractivity contribution in [3.63, 3.8) is 0 Å². The fraction of sp³-hybridized carbons (Fsp3) is 0.550. The van der Waals surface area contributed by atoms with Gasteiger partial charge in [-0.05, 0) is 82.0 Å². The van der Waals surface area contributed by atoms with E-state index >= 15 is 0 Å². The van der Waals surface area contributed by atoms with Gasteiger partial charge < -0.3 is 5.11 Å². The number of phenols is 1. The number of likely N-dealkylation sites (tertiary alicyclic amines) is 2. The van der Waals surface area contributed by atoms with Crippen LogP contribution in [0.15, 0.2) is 12.1 Å². The van der Waals surface area contributed by atoms with Gasteiger partial charge in [-0.15, -0.1) is 0 Å². The minimum Gasteiger partial charge on any atom is -0.507 e. The summed E-state index contributed by atoms with van der Waals surface area (Å²) in [6.45, 7) is 8.38. The zero-order valence-corrected chi connectivity index (χ0v) is 17.7. The molecule has 0 radical (unpaired) electrons. The molecule has 3 nitrogen and oxygen atoms in total. The Hall–Kier alpha value is -0.790. The van der Waals surface area contributed by atoms with Crippen molar-refractivity contribution in [3.05, 3.63) is 32.6 Å². The van der Waals surface area contributed by atoms with E-state index < -0.39 is 0 Å². The molecule has 2 fully saturated rings. The molecule has 0 bridgehead atoms. The minimum absolute atomic E-state index is 0.504. The zero-order chi connectivity index (χ0) is 18.1. The van der Waals surface area contributed by atoms with Crippen LogP contribution in [0.4, 0.5) is 0 Å². The summed E-state index contributed by atoms with van der Waals surface area (Å²) in [7, 11) is 3.45. The van der Waals surface area contributed by atoms with Gasteiger partial charge in [-0.1, -0.05) is 32.9 Å². The summed E-state index contributed by atoms with van der Waals surface area (Å²) in [5, 5.41) is 11.0. The average Bonchev–Trinajstić information content (AvgIpc) is 3.37. The molecule has 1 aromatic carbocycles. The first kappa shape index (κ1) is 18.6. The lowest BCUT2D eigenvalue weighted by atomic mass is 10.0. The highest BCUT2D eigenvalue weighted by molar-refractivity contribution is 7.80. The third kappa shape index (κ3) is 3.90. The summed E-state index contributed by atoms with van der Waals surface area (Å²) in [5.74, 6) is 0.504. The summed E-state index contributed by atoms with van der Waals surface area (Å²) < 4.78 is 0.986. The Kier molecular flexibility index (Phi) is 5.76. The molecule has 2 aliphatic heterocycles. The van der Waals surface area contributed by atoms with Crippen molar-refractivity contribution in [1.82, 2.24) is 9.80 Å². The fourth-order valence-electron chi connectivity index (χ4n) is 4.06. The molecule has 0 amide bonds. The molecule has 2 aromatic rings. The second kappa shape index (κ2) is 8.07. The van der Waals surface area contributed by atoms with Gasteiger partial charge in [-0.3, -0.25) is 9.80 Å². The molecule has 6 heteroatoms. The predicted molar refractivity (Wildman–Crippen MR) is 114 cm³/mol. The highest BCUT2D eigenvalue weighted by Crippen LogP contribution is 2.38. The maximum absolute atomic E-state index is 11.0. The van der Waals surface area contributed by atoms with Crippen molar-refractivity contribution < 1.29 is 5.11 Å². The quantitative estimate of drug-likeness (QED) is 0.530. The molecule has 3 heterocycles. The Bertz CT molecular complexity index is 791. The van der Waals surface area contributed by atoms with E-state index in [4.69, 9.17) is 12.2 Å². The number of hydrogen-bond donors (Lipinski definition) is 1. The van der Waals surface area contributed by atoms with Gasteiger partial charge in [0.05, 0.1) is 4.88 Å². The Morgan fingerprint density at radius 3 is 1.85 bits per heavy atom. The molecule has 0 aliphatic carbocycles. The predicted octanol–water partition coefficient (Wildman–Crippen LogP) is 5.41. The van der Waals surface area contributed by atoms with Crippen molar-refractivity contribution in [1.29, 1.82) is 0 Å². The van der Waals surface area contributed by atoms with Crippen molar-refractivity contribution in [2.45, 2.75) is 45.7 Å². The monoisotopic (exact) mass is 406 g/mol. The first-order valence-electron chi connectivity index (χ1n) is 9.51. The number of benzene rings is 1. The van der Waals surface area contributed by atoms with Gasteiger partial charge in [0.25, 0.3) is 0 Å². The lowest BCUT2D eigenvalue weighted by Gasteiger charge is -2.21. The van der Waals surface area contributed by atoms with Gasteiger partial charge in [-0.2, -0.15) is 0 Å². The Labute approximate surface area is 168 Å². The third-order valence-electron chi connectivity index (χ3n) is 5.56. The van der Waals surface area contributed by atoms with E-state index in [0.717, 1.165) is 54.2 Å². The molecule has 1 N–H and O–H groups in total. The van der Waals surface area contributed by atoms with Crippen LogP contribution in [0.2, 0.25) is 0 Å². The van der Waals surface area contributed by atoms with Crippen molar-refractivity contribution in [3.8, 4) is 16.2 Å². The number of hydrogen-bond acceptors (Lipinski definition) is 6. The molecule has 4 rings (SSSR count). The first-order valence-corrected chi connectivity index (χ1v) is 12.1. The molecule has 0 atom stereocenters. The molecular weight excluding hydrogens is 380 g/mol. The highest BCUT2D eigenvalue weighted by atomic mass is 32.9. The second-order valence-electron chi connectivity index (χ2n) is 7.52. The van der Waals surface area contributed by atoms with Crippen LogP contribution in [-0.2, 0) is 13.1 Å². The lowest BCUT2D eigenvalue weighted by Crippen LogP contribution is -2.20. The second-order valence-corrected chi connectivity index (χ2v) is 10.3. The van der Waals surface area contributed by atoms with Gasteiger partial charge in [-0.25, -0.2) is 0 Å². The number of aromatic hydroxyl groups is 1. The zero-order valence-electron chi connectivity index (χ0n) is 15.3. The number of nitrogens with zero attached hydrogens (tertiary/aromatic N) is 2. The van der Waals surface area contributed by atoms with Crippen LogP contribution in [0, 0.1) is 10.7 Å². The van der Waals surface area contributed by atoms with Crippen LogP contribution in [-0.4, -0.2) is 41.1 Å². The number of phenolic OH excluding ortho intramolecular Hbond substituents is 1. The molecule has 2 saturated heterocycles. The molecule has 0 unspecified atom stereocenters. The van der Waals surface area contributed by atoms with Gasteiger partial charge in [0.2, 0.25) is 0 Å². The van der Waals surface area contributed by atoms with Crippen LogP contribution < -0.4 is 0 Å². The maximum atomic E-state index is 11.0. The summed E-state index contributed by atoms with van der Waals surface area (Å²) in [4.78, 5) is 6.19.